The summed E-state index contributed by atoms with van der Waals surface area (Å²) in [5.74, 6) is 0.807. The third-order valence-corrected chi connectivity index (χ3v) is 2.62. The van der Waals surface area contributed by atoms with Gasteiger partial charge in [0.15, 0.2) is 5.82 Å². The predicted molar refractivity (Wildman–Crippen MR) is 66.6 cm³/mol. The normalized spacial score (nSPS) is 10.6. The molecule has 3 aromatic rings. The number of aromatic nitrogens is 2. The smallest absolute Gasteiger partial charge is 0.159 e. The second kappa shape index (κ2) is 3.87. The van der Waals surface area contributed by atoms with E-state index in [1.807, 2.05) is 36.4 Å². The zero-order valence-corrected chi connectivity index (χ0v) is 9.04. The highest BCUT2D eigenvalue weighted by Crippen LogP contribution is 2.24. The monoisotopic (exact) mass is 222 g/mol. The van der Waals surface area contributed by atoms with Crippen LogP contribution in [0.4, 0.5) is 0 Å². The molecule has 2 aromatic carbocycles. The van der Waals surface area contributed by atoms with Crippen molar-refractivity contribution in [2.24, 2.45) is 0 Å². The van der Waals surface area contributed by atoms with Crippen LogP contribution in [-0.2, 0) is 0 Å². The van der Waals surface area contributed by atoms with E-state index in [4.69, 9.17) is 0 Å². The lowest BCUT2D eigenvalue weighted by Crippen LogP contribution is -1.89. The van der Waals surface area contributed by atoms with Gasteiger partial charge in [-0.25, -0.2) is 9.97 Å². The molecule has 0 fully saturated rings. The molecule has 0 saturated carbocycles. The maximum Gasteiger partial charge on any atom is 0.159 e. The first kappa shape index (κ1) is 9.78. The maximum absolute atomic E-state index is 9.75. The van der Waals surface area contributed by atoms with E-state index in [9.17, 15) is 5.11 Å². The van der Waals surface area contributed by atoms with E-state index in [1.165, 1.54) is 0 Å². The van der Waals surface area contributed by atoms with E-state index >= 15 is 0 Å². The van der Waals surface area contributed by atoms with E-state index in [1.54, 1.807) is 18.3 Å². The highest BCUT2D eigenvalue weighted by Gasteiger charge is 2.05. The molecule has 0 aliphatic heterocycles. The number of para-hydroxylation sites is 1. The summed E-state index contributed by atoms with van der Waals surface area (Å²) >= 11 is 0. The molecule has 0 radical (unpaired) electrons. The lowest BCUT2D eigenvalue weighted by molar-refractivity contribution is 0.480. The molecule has 3 heteroatoms. The van der Waals surface area contributed by atoms with Crippen LogP contribution in [0.5, 0.6) is 5.75 Å². The van der Waals surface area contributed by atoms with Crippen molar-refractivity contribution in [1.82, 2.24) is 9.97 Å². The van der Waals surface area contributed by atoms with Crippen LogP contribution in [0.1, 0.15) is 0 Å². The van der Waals surface area contributed by atoms with E-state index in [0.29, 0.717) is 11.3 Å². The Balaban J connectivity index is 2.23. The van der Waals surface area contributed by atoms with Crippen LogP contribution >= 0.6 is 0 Å². The van der Waals surface area contributed by atoms with Crippen molar-refractivity contribution < 1.29 is 5.11 Å². The highest BCUT2D eigenvalue weighted by atomic mass is 16.3. The van der Waals surface area contributed by atoms with Crippen molar-refractivity contribution in [3.8, 4) is 17.1 Å². The molecule has 0 atom stereocenters. The summed E-state index contributed by atoms with van der Waals surface area (Å²) in [6.07, 6.45) is 1.73. The predicted octanol–water partition coefficient (Wildman–Crippen LogP) is 3.00. The topological polar surface area (TPSA) is 46.0 Å². The van der Waals surface area contributed by atoms with Crippen LogP contribution in [0.25, 0.3) is 22.3 Å². The van der Waals surface area contributed by atoms with Crippen molar-refractivity contribution in [2.45, 2.75) is 0 Å². The van der Waals surface area contributed by atoms with Crippen LogP contribution in [0.15, 0.2) is 54.7 Å². The van der Waals surface area contributed by atoms with Gasteiger partial charge < -0.3 is 5.11 Å². The summed E-state index contributed by atoms with van der Waals surface area (Å²) in [5, 5.41) is 10.6. The standard InChI is InChI=1S/C14H10N2O/c17-12-8-4-7-11-9-15-14(16-13(11)12)10-5-2-1-3-6-10/h1-9,17H. The van der Waals surface area contributed by atoms with Crippen molar-refractivity contribution in [3.05, 3.63) is 54.7 Å². The number of hydrogen-bond acceptors (Lipinski definition) is 3. The fraction of sp³-hybridized carbons (Fsp3) is 0. The van der Waals surface area contributed by atoms with Gasteiger partial charge in [-0.1, -0.05) is 42.5 Å². The van der Waals surface area contributed by atoms with Crippen molar-refractivity contribution in [2.75, 3.05) is 0 Å². The zero-order chi connectivity index (χ0) is 11.7. The zero-order valence-electron chi connectivity index (χ0n) is 9.04. The third-order valence-electron chi connectivity index (χ3n) is 2.62. The summed E-state index contributed by atoms with van der Waals surface area (Å²) in [6, 6.07) is 15.0. The highest BCUT2D eigenvalue weighted by molar-refractivity contribution is 5.84. The number of aromatic hydroxyl groups is 1. The molecule has 0 saturated heterocycles. The number of fused-ring (bicyclic) bond motifs is 1. The lowest BCUT2D eigenvalue weighted by atomic mass is 10.2. The minimum Gasteiger partial charge on any atom is -0.506 e. The molecular formula is C14H10N2O. The molecular weight excluding hydrogens is 212 g/mol. The number of phenolic OH excluding ortho intramolecular Hbond substituents is 1. The van der Waals surface area contributed by atoms with Gasteiger partial charge >= 0.3 is 0 Å². The van der Waals surface area contributed by atoms with Crippen LogP contribution < -0.4 is 0 Å². The van der Waals surface area contributed by atoms with E-state index < -0.39 is 0 Å². The van der Waals surface area contributed by atoms with Gasteiger partial charge in [0.2, 0.25) is 0 Å². The van der Waals surface area contributed by atoms with E-state index in [2.05, 4.69) is 9.97 Å². The summed E-state index contributed by atoms with van der Waals surface area (Å²) < 4.78 is 0. The summed E-state index contributed by atoms with van der Waals surface area (Å²) in [7, 11) is 0. The van der Waals surface area contributed by atoms with Crippen LogP contribution in [0.2, 0.25) is 0 Å². The number of hydrogen-bond donors (Lipinski definition) is 1. The molecule has 0 unspecified atom stereocenters. The number of benzene rings is 2. The quantitative estimate of drug-likeness (QED) is 0.688. The van der Waals surface area contributed by atoms with Crippen LogP contribution in [0, 0.1) is 0 Å². The average molecular weight is 222 g/mol. The lowest BCUT2D eigenvalue weighted by Gasteiger charge is -2.03. The fourth-order valence-electron chi connectivity index (χ4n) is 1.77. The maximum atomic E-state index is 9.75. The van der Waals surface area contributed by atoms with Gasteiger partial charge in [0.05, 0.1) is 0 Å². The van der Waals surface area contributed by atoms with E-state index in [0.717, 1.165) is 10.9 Å². The molecule has 17 heavy (non-hydrogen) atoms. The molecule has 3 nitrogen and oxygen atoms in total. The molecule has 1 heterocycles. The Morgan fingerprint density at radius 1 is 0.882 bits per heavy atom. The Labute approximate surface area is 98.4 Å². The molecule has 1 aromatic heterocycles. The van der Waals surface area contributed by atoms with Crippen molar-refractivity contribution in [3.63, 3.8) is 0 Å². The minimum absolute atomic E-state index is 0.182. The second-order valence-corrected chi connectivity index (χ2v) is 3.77. The van der Waals surface area contributed by atoms with Gasteiger partial charge in [0, 0.05) is 17.1 Å². The van der Waals surface area contributed by atoms with Gasteiger partial charge in [-0.15, -0.1) is 0 Å². The number of nitrogens with zero attached hydrogens (tertiary/aromatic N) is 2. The van der Waals surface area contributed by atoms with Crippen LogP contribution in [-0.4, -0.2) is 15.1 Å². The van der Waals surface area contributed by atoms with Gasteiger partial charge in [-0.05, 0) is 6.07 Å². The minimum atomic E-state index is 0.182. The Hall–Kier alpha value is -2.42. The second-order valence-electron chi connectivity index (χ2n) is 3.77. The number of rotatable bonds is 1. The largest absolute Gasteiger partial charge is 0.506 e. The number of phenols is 1. The summed E-state index contributed by atoms with van der Waals surface area (Å²) in [5.41, 5.74) is 1.53. The molecule has 0 aliphatic carbocycles. The fourth-order valence-corrected chi connectivity index (χ4v) is 1.77. The van der Waals surface area contributed by atoms with Crippen molar-refractivity contribution in [1.29, 1.82) is 0 Å². The molecule has 0 spiro atoms. The first-order chi connectivity index (χ1) is 8.34. The molecule has 1 N–H and O–H groups in total. The Morgan fingerprint density at radius 3 is 2.53 bits per heavy atom. The molecule has 0 amide bonds. The SMILES string of the molecule is Oc1cccc2cnc(-c3ccccc3)nc12. The summed E-state index contributed by atoms with van der Waals surface area (Å²) in [6.45, 7) is 0. The Kier molecular flexibility index (Phi) is 2.22. The molecule has 82 valence electrons. The molecule has 0 bridgehead atoms. The molecule has 3 rings (SSSR count). The first-order valence-electron chi connectivity index (χ1n) is 5.35. The van der Waals surface area contributed by atoms with Gasteiger partial charge in [-0.3, -0.25) is 0 Å². The summed E-state index contributed by atoms with van der Waals surface area (Å²) in [4.78, 5) is 8.68. The van der Waals surface area contributed by atoms with Crippen LogP contribution in [0.3, 0.4) is 0 Å². The average Bonchev–Trinajstić information content (AvgIpc) is 2.40. The van der Waals surface area contributed by atoms with E-state index in [-0.39, 0.29) is 5.75 Å². The Bertz CT molecular complexity index is 665. The van der Waals surface area contributed by atoms with Crippen molar-refractivity contribution >= 4 is 10.9 Å². The van der Waals surface area contributed by atoms with Gasteiger partial charge in [0.25, 0.3) is 0 Å². The third kappa shape index (κ3) is 1.72. The first-order valence-corrected chi connectivity index (χ1v) is 5.35. The van der Waals surface area contributed by atoms with Gasteiger partial charge in [0.1, 0.15) is 11.3 Å². The Morgan fingerprint density at radius 2 is 1.71 bits per heavy atom. The molecule has 0 aliphatic rings. The van der Waals surface area contributed by atoms with Gasteiger partial charge in [-0.2, -0.15) is 0 Å².